The van der Waals surface area contributed by atoms with Crippen molar-refractivity contribution in [2.45, 2.75) is 44.7 Å². The maximum atomic E-state index is 10.0. The summed E-state index contributed by atoms with van der Waals surface area (Å²) in [7, 11) is 0. The first-order valence-electron chi connectivity index (χ1n) is 8.77. The Morgan fingerprint density at radius 2 is 1.44 bits per heavy atom. The van der Waals surface area contributed by atoms with Crippen molar-refractivity contribution in [2.75, 3.05) is 0 Å². The van der Waals surface area contributed by atoms with Gasteiger partial charge in [0.25, 0.3) is 0 Å². The van der Waals surface area contributed by atoms with Crippen LogP contribution < -0.4 is 0 Å². The average Bonchev–Trinajstić information content (AvgIpc) is 2.61. The van der Waals surface area contributed by atoms with E-state index in [-0.39, 0.29) is 23.6 Å². The molecule has 0 amide bonds. The van der Waals surface area contributed by atoms with E-state index in [1.807, 2.05) is 31.2 Å². The molecule has 2 aromatic rings. The van der Waals surface area contributed by atoms with Crippen LogP contribution in [0.4, 0.5) is 0 Å². The van der Waals surface area contributed by atoms with Crippen LogP contribution in [0.15, 0.2) is 52.4 Å². The van der Waals surface area contributed by atoms with Gasteiger partial charge in [-0.15, -0.1) is 0 Å². The predicted molar refractivity (Wildman–Crippen MR) is 102 cm³/mol. The predicted octanol–water partition coefficient (Wildman–Crippen LogP) is 4.26. The second kappa shape index (κ2) is 7.97. The Hall–Kier alpha value is -2.62. The third-order valence-electron chi connectivity index (χ3n) is 4.63. The van der Waals surface area contributed by atoms with Crippen LogP contribution in [0.5, 0.6) is 11.5 Å². The Bertz CT molecular complexity index is 783. The second-order valence-corrected chi connectivity index (χ2v) is 6.60. The molecule has 0 bridgehead atoms. The molecule has 0 saturated heterocycles. The van der Waals surface area contributed by atoms with E-state index in [4.69, 9.17) is 4.99 Å². The zero-order chi connectivity index (χ0) is 17.6. The van der Waals surface area contributed by atoms with E-state index in [9.17, 15) is 10.2 Å². The van der Waals surface area contributed by atoms with E-state index >= 15 is 0 Å². The van der Waals surface area contributed by atoms with E-state index < -0.39 is 0 Å². The van der Waals surface area contributed by atoms with Crippen molar-refractivity contribution in [3.63, 3.8) is 0 Å². The van der Waals surface area contributed by atoms with Gasteiger partial charge in [-0.1, -0.05) is 31.0 Å². The van der Waals surface area contributed by atoms with Crippen LogP contribution in [-0.2, 0) is 0 Å². The van der Waals surface area contributed by atoms with Gasteiger partial charge in [0.1, 0.15) is 11.5 Å². The van der Waals surface area contributed by atoms with Gasteiger partial charge in [-0.3, -0.25) is 9.98 Å². The molecule has 4 heteroatoms. The highest BCUT2D eigenvalue weighted by Crippen LogP contribution is 2.25. The molecule has 2 atom stereocenters. The molecule has 0 heterocycles. The van der Waals surface area contributed by atoms with Crippen molar-refractivity contribution in [1.82, 2.24) is 0 Å². The third-order valence-corrected chi connectivity index (χ3v) is 4.63. The third kappa shape index (κ3) is 4.47. The number of phenolic OH excluding ortho intramolecular Hbond substituents is 2. The van der Waals surface area contributed by atoms with Gasteiger partial charge in [0.2, 0.25) is 0 Å². The SMILES string of the molecule is Cc1ccc(C=NC2CCCCC2N=Cc2ccccc2O)c(O)c1. The van der Waals surface area contributed by atoms with Gasteiger partial charge in [0.15, 0.2) is 0 Å². The summed E-state index contributed by atoms with van der Waals surface area (Å²) in [5.74, 6) is 0.500. The van der Waals surface area contributed by atoms with Crippen LogP contribution in [0.1, 0.15) is 42.4 Å². The standard InChI is InChI=1S/C21H24N2O2/c1-15-10-11-17(21(25)12-15)14-23-19-8-4-3-7-18(19)22-13-16-6-2-5-9-20(16)24/h2,5-6,9-14,18-19,24-25H,3-4,7-8H2,1H3. The minimum Gasteiger partial charge on any atom is -0.507 e. The van der Waals surface area contributed by atoms with Gasteiger partial charge in [-0.05, 0) is 49.6 Å². The monoisotopic (exact) mass is 336 g/mol. The smallest absolute Gasteiger partial charge is 0.124 e. The summed E-state index contributed by atoms with van der Waals surface area (Å²) in [6.45, 7) is 1.95. The minimum atomic E-state index is 0.108. The van der Waals surface area contributed by atoms with E-state index in [1.54, 1.807) is 30.6 Å². The Morgan fingerprint density at radius 3 is 2.04 bits per heavy atom. The van der Waals surface area contributed by atoms with E-state index in [0.29, 0.717) is 0 Å². The summed E-state index contributed by atoms with van der Waals surface area (Å²) in [4.78, 5) is 9.38. The molecule has 2 N–H and O–H groups in total. The zero-order valence-corrected chi connectivity index (χ0v) is 14.5. The molecular weight excluding hydrogens is 312 g/mol. The Kier molecular flexibility index (Phi) is 5.49. The van der Waals surface area contributed by atoms with Gasteiger partial charge in [0, 0.05) is 23.6 Å². The first-order valence-corrected chi connectivity index (χ1v) is 8.77. The number of aryl methyl sites for hydroxylation is 1. The van der Waals surface area contributed by atoms with Crippen LogP contribution in [0, 0.1) is 6.92 Å². The number of rotatable bonds is 4. The Balaban J connectivity index is 1.74. The minimum absolute atomic E-state index is 0.108. The summed E-state index contributed by atoms with van der Waals surface area (Å²) < 4.78 is 0. The van der Waals surface area contributed by atoms with Gasteiger partial charge in [0.05, 0.1) is 12.1 Å². The summed E-state index contributed by atoms with van der Waals surface area (Å²) in [6, 6.07) is 13.0. The molecule has 1 saturated carbocycles. The fourth-order valence-corrected chi connectivity index (χ4v) is 3.15. The summed E-state index contributed by atoms with van der Waals surface area (Å²) in [5, 5.41) is 19.9. The lowest BCUT2D eigenvalue weighted by Crippen LogP contribution is -2.27. The molecule has 1 aliphatic rings. The molecule has 2 aromatic carbocycles. The molecule has 0 radical (unpaired) electrons. The number of hydrogen-bond donors (Lipinski definition) is 2. The number of benzene rings is 2. The zero-order valence-electron chi connectivity index (χ0n) is 14.5. The van der Waals surface area contributed by atoms with E-state index in [2.05, 4.69) is 4.99 Å². The lowest BCUT2D eigenvalue weighted by molar-refractivity contribution is 0.390. The van der Waals surface area contributed by atoms with Crippen molar-refractivity contribution >= 4 is 12.4 Å². The normalized spacial score (nSPS) is 21.2. The quantitative estimate of drug-likeness (QED) is 0.820. The fraction of sp³-hybridized carbons (Fsp3) is 0.333. The van der Waals surface area contributed by atoms with Crippen molar-refractivity contribution in [3.8, 4) is 11.5 Å². The maximum Gasteiger partial charge on any atom is 0.124 e. The van der Waals surface area contributed by atoms with Crippen LogP contribution in [-0.4, -0.2) is 34.7 Å². The molecule has 0 aromatic heterocycles. The first-order chi connectivity index (χ1) is 12.1. The highest BCUT2D eigenvalue weighted by Gasteiger charge is 2.23. The largest absolute Gasteiger partial charge is 0.507 e. The topological polar surface area (TPSA) is 65.2 Å². The molecule has 130 valence electrons. The summed E-state index contributed by atoms with van der Waals surface area (Å²) >= 11 is 0. The lowest BCUT2D eigenvalue weighted by Gasteiger charge is -2.25. The van der Waals surface area contributed by atoms with Crippen molar-refractivity contribution < 1.29 is 10.2 Å². The molecular formula is C21H24N2O2. The summed E-state index contributed by atoms with van der Waals surface area (Å²) in [6.07, 6.45) is 7.78. The number of aliphatic imine (C=N–C) groups is 2. The molecule has 3 rings (SSSR count). The average molecular weight is 336 g/mol. The molecule has 1 aliphatic carbocycles. The van der Waals surface area contributed by atoms with Crippen molar-refractivity contribution in [1.29, 1.82) is 0 Å². The van der Waals surface area contributed by atoms with Gasteiger partial charge in [-0.25, -0.2) is 0 Å². The first kappa shape index (κ1) is 17.2. The number of nitrogens with zero attached hydrogens (tertiary/aromatic N) is 2. The number of aromatic hydroxyl groups is 2. The van der Waals surface area contributed by atoms with Gasteiger partial charge >= 0.3 is 0 Å². The van der Waals surface area contributed by atoms with Crippen LogP contribution in [0.3, 0.4) is 0 Å². The van der Waals surface area contributed by atoms with Gasteiger partial charge in [-0.2, -0.15) is 0 Å². The molecule has 0 aliphatic heterocycles. The fourth-order valence-electron chi connectivity index (χ4n) is 3.15. The molecule has 25 heavy (non-hydrogen) atoms. The lowest BCUT2D eigenvalue weighted by atomic mass is 9.91. The van der Waals surface area contributed by atoms with Crippen LogP contribution in [0.2, 0.25) is 0 Å². The number of hydrogen-bond acceptors (Lipinski definition) is 4. The molecule has 2 unspecified atom stereocenters. The van der Waals surface area contributed by atoms with E-state index in [0.717, 1.165) is 42.4 Å². The summed E-state index contributed by atoms with van der Waals surface area (Å²) in [5.41, 5.74) is 2.49. The van der Waals surface area contributed by atoms with E-state index in [1.165, 1.54) is 0 Å². The Labute approximate surface area is 148 Å². The van der Waals surface area contributed by atoms with Crippen LogP contribution in [0.25, 0.3) is 0 Å². The highest BCUT2D eigenvalue weighted by molar-refractivity contribution is 5.84. The van der Waals surface area contributed by atoms with Gasteiger partial charge < -0.3 is 10.2 Å². The van der Waals surface area contributed by atoms with Crippen molar-refractivity contribution in [3.05, 3.63) is 59.2 Å². The van der Waals surface area contributed by atoms with Crippen molar-refractivity contribution in [2.24, 2.45) is 9.98 Å². The molecule has 1 fully saturated rings. The molecule has 0 spiro atoms. The maximum absolute atomic E-state index is 10.0. The Morgan fingerprint density at radius 1 is 0.840 bits per heavy atom. The highest BCUT2D eigenvalue weighted by atomic mass is 16.3. The molecule has 4 nitrogen and oxygen atoms in total. The van der Waals surface area contributed by atoms with Crippen LogP contribution >= 0.6 is 0 Å². The number of para-hydroxylation sites is 1. The number of phenols is 2. The second-order valence-electron chi connectivity index (χ2n) is 6.60.